The van der Waals surface area contributed by atoms with Crippen LogP contribution in [0.5, 0.6) is 0 Å². The third-order valence-electron chi connectivity index (χ3n) is 4.79. The highest BCUT2D eigenvalue weighted by molar-refractivity contribution is 5.28. The second-order valence-electron chi connectivity index (χ2n) is 7.12. The summed E-state index contributed by atoms with van der Waals surface area (Å²) in [7, 11) is 0. The van der Waals surface area contributed by atoms with Crippen molar-refractivity contribution < 1.29 is 0 Å². The van der Waals surface area contributed by atoms with Crippen LogP contribution >= 0.6 is 0 Å². The maximum absolute atomic E-state index is 6.73. The van der Waals surface area contributed by atoms with Crippen molar-refractivity contribution in [2.75, 3.05) is 0 Å². The first kappa shape index (κ1) is 14.6. The molecule has 19 heavy (non-hydrogen) atoms. The van der Waals surface area contributed by atoms with Crippen molar-refractivity contribution in [1.29, 1.82) is 0 Å². The maximum Gasteiger partial charge on any atom is 0.0409 e. The molecule has 1 aliphatic rings. The van der Waals surface area contributed by atoms with Crippen molar-refractivity contribution in [2.24, 2.45) is 11.1 Å². The highest BCUT2D eigenvalue weighted by atomic mass is 14.7. The highest BCUT2D eigenvalue weighted by Crippen LogP contribution is 2.41. The zero-order valence-electron chi connectivity index (χ0n) is 12.8. The van der Waals surface area contributed by atoms with Gasteiger partial charge >= 0.3 is 0 Å². The van der Waals surface area contributed by atoms with Gasteiger partial charge < -0.3 is 5.73 Å². The molecule has 1 nitrogen and oxygen atoms in total. The van der Waals surface area contributed by atoms with E-state index >= 15 is 0 Å². The first-order chi connectivity index (χ1) is 8.95. The van der Waals surface area contributed by atoms with Gasteiger partial charge in [0.2, 0.25) is 0 Å². The van der Waals surface area contributed by atoms with Gasteiger partial charge in [-0.3, -0.25) is 0 Å². The van der Waals surface area contributed by atoms with Gasteiger partial charge in [-0.1, -0.05) is 57.9 Å². The van der Waals surface area contributed by atoms with Crippen LogP contribution in [0.3, 0.4) is 0 Å². The summed E-state index contributed by atoms with van der Waals surface area (Å²) >= 11 is 0. The molecule has 0 heterocycles. The summed E-state index contributed by atoms with van der Waals surface area (Å²) < 4.78 is 0. The highest BCUT2D eigenvalue weighted by Gasteiger charge is 2.33. The summed E-state index contributed by atoms with van der Waals surface area (Å²) in [5, 5.41) is 0. The fraction of sp³-hybridized carbons (Fsp3) is 0.667. The standard InChI is InChI=1S/C18H29N/c1-4-6-15-7-9-16(10-8-15)18(19)12-5-11-17(2,3)13-14-18/h7-10H,4-6,11-14,19H2,1-3H3. The van der Waals surface area contributed by atoms with Crippen molar-refractivity contribution in [3.05, 3.63) is 35.4 Å². The van der Waals surface area contributed by atoms with E-state index in [0.29, 0.717) is 5.41 Å². The van der Waals surface area contributed by atoms with Gasteiger partial charge in [0, 0.05) is 5.54 Å². The van der Waals surface area contributed by atoms with E-state index in [0.717, 1.165) is 12.8 Å². The molecule has 0 aliphatic heterocycles. The molecule has 1 saturated carbocycles. The lowest BCUT2D eigenvalue weighted by Gasteiger charge is -2.30. The molecule has 0 spiro atoms. The molecule has 1 heteroatoms. The minimum absolute atomic E-state index is 0.0987. The van der Waals surface area contributed by atoms with Gasteiger partial charge in [-0.05, 0) is 48.6 Å². The normalized spacial score (nSPS) is 26.9. The first-order valence-electron chi connectivity index (χ1n) is 7.83. The van der Waals surface area contributed by atoms with Gasteiger partial charge in [-0.25, -0.2) is 0 Å². The van der Waals surface area contributed by atoms with Crippen LogP contribution < -0.4 is 5.73 Å². The number of nitrogens with two attached hydrogens (primary N) is 1. The summed E-state index contributed by atoms with van der Waals surface area (Å²) in [6.07, 6.45) is 8.42. The lowest BCUT2D eigenvalue weighted by atomic mass is 9.81. The second kappa shape index (κ2) is 5.66. The Labute approximate surface area is 118 Å². The van der Waals surface area contributed by atoms with Crippen LogP contribution in [0.15, 0.2) is 24.3 Å². The van der Waals surface area contributed by atoms with Crippen molar-refractivity contribution in [3.8, 4) is 0 Å². The topological polar surface area (TPSA) is 26.0 Å². The van der Waals surface area contributed by atoms with Gasteiger partial charge in [0.15, 0.2) is 0 Å². The molecular weight excluding hydrogens is 230 g/mol. The van der Waals surface area contributed by atoms with Gasteiger partial charge in [-0.15, -0.1) is 0 Å². The number of hydrogen-bond donors (Lipinski definition) is 1. The van der Waals surface area contributed by atoms with Gasteiger partial charge in [0.05, 0.1) is 0 Å². The molecule has 1 unspecified atom stereocenters. The Morgan fingerprint density at radius 3 is 2.32 bits per heavy atom. The predicted octanol–water partition coefficient (Wildman–Crippen LogP) is 4.78. The molecule has 0 aromatic heterocycles. The van der Waals surface area contributed by atoms with E-state index in [1.807, 2.05) is 0 Å². The van der Waals surface area contributed by atoms with Crippen LogP contribution in [0.25, 0.3) is 0 Å². The molecule has 1 aromatic carbocycles. The molecule has 0 bridgehead atoms. The third-order valence-corrected chi connectivity index (χ3v) is 4.79. The first-order valence-corrected chi connectivity index (χ1v) is 7.83. The minimum Gasteiger partial charge on any atom is -0.321 e. The van der Waals surface area contributed by atoms with Gasteiger partial charge in [0.1, 0.15) is 0 Å². The molecule has 1 fully saturated rings. The Morgan fingerprint density at radius 1 is 1.00 bits per heavy atom. The SMILES string of the molecule is CCCc1ccc(C2(N)CCCC(C)(C)CC2)cc1. The second-order valence-corrected chi connectivity index (χ2v) is 7.12. The lowest BCUT2D eigenvalue weighted by Crippen LogP contribution is -2.36. The smallest absolute Gasteiger partial charge is 0.0409 e. The van der Waals surface area contributed by atoms with Crippen LogP contribution in [0, 0.1) is 5.41 Å². The van der Waals surface area contributed by atoms with Crippen LogP contribution in [0.1, 0.15) is 70.4 Å². The molecule has 1 aromatic rings. The summed E-state index contributed by atoms with van der Waals surface area (Å²) in [5.41, 5.74) is 9.86. The monoisotopic (exact) mass is 259 g/mol. The molecule has 106 valence electrons. The zero-order valence-corrected chi connectivity index (χ0v) is 12.8. The van der Waals surface area contributed by atoms with Gasteiger partial charge in [-0.2, -0.15) is 0 Å². The Balaban J connectivity index is 2.14. The lowest BCUT2D eigenvalue weighted by molar-refractivity contribution is 0.299. The fourth-order valence-corrected chi connectivity index (χ4v) is 3.27. The number of rotatable bonds is 3. The van der Waals surface area contributed by atoms with E-state index < -0.39 is 0 Å². The van der Waals surface area contributed by atoms with E-state index in [2.05, 4.69) is 45.0 Å². The van der Waals surface area contributed by atoms with E-state index in [4.69, 9.17) is 5.73 Å². The van der Waals surface area contributed by atoms with Crippen molar-refractivity contribution in [2.45, 2.75) is 71.3 Å². The fourth-order valence-electron chi connectivity index (χ4n) is 3.27. The minimum atomic E-state index is -0.0987. The third kappa shape index (κ3) is 3.60. The Hall–Kier alpha value is -0.820. The van der Waals surface area contributed by atoms with E-state index in [-0.39, 0.29) is 5.54 Å². The summed E-state index contributed by atoms with van der Waals surface area (Å²) in [6, 6.07) is 9.07. The van der Waals surface area contributed by atoms with Crippen molar-refractivity contribution >= 4 is 0 Å². The molecule has 0 saturated heterocycles. The molecule has 1 aliphatic carbocycles. The van der Waals surface area contributed by atoms with Crippen molar-refractivity contribution in [3.63, 3.8) is 0 Å². The van der Waals surface area contributed by atoms with Crippen molar-refractivity contribution in [1.82, 2.24) is 0 Å². The number of hydrogen-bond acceptors (Lipinski definition) is 1. The Kier molecular flexibility index (Phi) is 4.35. The van der Waals surface area contributed by atoms with E-state index in [1.165, 1.54) is 43.2 Å². The molecule has 0 radical (unpaired) electrons. The van der Waals surface area contributed by atoms with E-state index in [9.17, 15) is 0 Å². The maximum atomic E-state index is 6.73. The van der Waals surface area contributed by atoms with Crippen LogP contribution in [-0.4, -0.2) is 0 Å². The largest absolute Gasteiger partial charge is 0.321 e. The number of aryl methyl sites for hydroxylation is 1. The molecule has 2 rings (SSSR count). The zero-order chi connectivity index (χ0) is 13.9. The molecule has 2 N–H and O–H groups in total. The summed E-state index contributed by atoms with van der Waals surface area (Å²) in [4.78, 5) is 0. The number of benzene rings is 1. The average molecular weight is 259 g/mol. The average Bonchev–Trinajstić information content (AvgIpc) is 2.51. The Morgan fingerprint density at radius 2 is 1.68 bits per heavy atom. The quantitative estimate of drug-likeness (QED) is 0.776. The van der Waals surface area contributed by atoms with Crippen LogP contribution in [0.2, 0.25) is 0 Å². The summed E-state index contributed by atoms with van der Waals surface area (Å²) in [6.45, 7) is 6.98. The van der Waals surface area contributed by atoms with E-state index in [1.54, 1.807) is 0 Å². The molecule has 0 amide bonds. The predicted molar refractivity (Wildman–Crippen MR) is 83.2 cm³/mol. The van der Waals surface area contributed by atoms with Crippen LogP contribution in [-0.2, 0) is 12.0 Å². The van der Waals surface area contributed by atoms with Gasteiger partial charge in [0.25, 0.3) is 0 Å². The van der Waals surface area contributed by atoms with Crippen LogP contribution in [0.4, 0.5) is 0 Å². The Bertz CT molecular complexity index is 404. The summed E-state index contributed by atoms with van der Waals surface area (Å²) in [5.74, 6) is 0. The molecule has 1 atom stereocenters. The molecular formula is C18H29N.